The van der Waals surface area contributed by atoms with Gasteiger partial charge in [0.05, 0.1) is 15.9 Å². The minimum absolute atomic E-state index is 0.0205. The van der Waals surface area contributed by atoms with Crippen LogP contribution in [0.15, 0.2) is 53.9 Å². The second kappa shape index (κ2) is 8.21. The number of nitrogens with zero attached hydrogens (tertiary/aromatic N) is 2. The lowest BCUT2D eigenvalue weighted by molar-refractivity contribution is 0.0958. The van der Waals surface area contributed by atoms with Gasteiger partial charge in [0.15, 0.2) is 0 Å². The zero-order chi connectivity index (χ0) is 20.4. The van der Waals surface area contributed by atoms with Crippen molar-refractivity contribution in [2.24, 2.45) is 0 Å². The highest BCUT2D eigenvalue weighted by atomic mass is 32.1. The molecule has 0 aliphatic rings. The van der Waals surface area contributed by atoms with Crippen LogP contribution >= 0.6 is 11.3 Å². The van der Waals surface area contributed by atoms with Crippen molar-refractivity contribution in [3.63, 3.8) is 0 Å². The van der Waals surface area contributed by atoms with Gasteiger partial charge < -0.3 is 9.88 Å². The van der Waals surface area contributed by atoms with E-state index in [0.29, 0.717) is 13.0 Å². The monoisotopic (exact) mass is 403 g/mol. The Labute approximate surface area is 175 Å². The van der Waals surface area contributed by atoms with Gasteiger partial charge in [0.1, 0.15) is 5.82 Å². The summed E-state index contributed by atoms with van der Waals surface area (Å²) in [4.78, 5) is 17.8. The summed E-state index contributed by atoms with van der Waals surface area (Å²) < 4.78 is 2.29. The first kappa shape index (κ1) is 19.4. The number of amides is 1. The zero-order valence-electron chi connectivity index (χ0n) is 17.0. The van der Waals surface area contributed by atoms with Crippen molar-refractivity contribution < 1.29 is 4.79 Å². The second-order valence-corrected chi connectivity index (χ2v) is 8.41. The van der Waals surface area contributed by atoms with Crippen LogP contribution in [0.25, 0.3) is 11.0 Å². The minimum Gasteiger partial charge on any atom is -0.351 e. The third kappa shape index (κ3) is 4.10. The van der Waals surface area contributed by atoms with Crippen molar-refractivity contribution in [1.82, 2.24) is 14.9 Å². The first-order valence-corrected chi connectivity index (χ1v) is 10.7. The quantitative estimate of drug-likeness (QED) is 0.490. The molecule has 0 spiro atoms. The van der Waals surface area contributed by atoms with Gasteiger partial charge in [0.2, 0.25) is 0 Å². The van der Waals surface area contributed by atoms with Crippen molar-refractivity contribution in [3.8, 4) is 0 Å². The molecular formula is C24H25N3OS. The summed E-state index contributed by atoms with van der Waals surface area (Å²) in [5.74, 6) is 0.977. The maximum atomic E-state index is 12.2. The topological polar surface area (TPSA) is 46.9 Å². The normalized spacial score (nSPS) is 11.1. The van der Waals surface area contributed by atoms with Crippen molar-refractivity contribution in [2.75, 3.05) is 6.54 Å². The van der Waals surface area contributed by atoms with Gasteiger partial charge in [0.25, 0.3) is 5.91 Å². The van der Waals surface area contributed by atoms with E-state index in [1.807, 2.05) is 23.6 Å². The lowest BCUT2D eigenvalue weighted by Gasteiger charge is -2.15. The van der Waals surface area contributed by atoms with E-state index >= 15 is 0 Å². The molecule has 2 heterocycles. The molecule has 4 rings (SSSR count). The van der Waals surface area contributed by atoms with Crippen LogP contribution in [0, 0.1) is 20.8 Å². The maximum Gasteiger partial charge on any atom is 0.261 e. The Hall–Kier alpha value is -2.92. The highest BCUT2D eigenvalue weighted by Crippen LogP contribution is 2.23. The van der Waals surface area contributed by atoms with Gasteiger partial charge in [-0.3, -0.25) is 4.79 Å². The average Bonchev–Trinajstić information content (AvgIpc) is 3.33. The summed E-state index contributed by atoms with van der Waals surface area (Å²) in [5, 5.41) is 4.93. The number of benzene rings is 2. The van der Waals surface area contributed by atoms with Crippen LogP contribution in [-0.2, 0) is 13.0 Å². The number of hydrogen-bond donors (Lipinski definition) is 1. The fraction of sp³-hybridized carbons (Fsp3) is 0.250. The van der Waals surface area contributed by atoms with E-state index in [1.54, 1.807) is 0 Å². The van der Waals surface area contributed by atoms with Crippen molar-refractivity contribution in [2.45, 2.75) is 33.7 Å². The molecule has 4 nitrogen and oxygen atoms in total. The molecule has 0 saturated heterocycles. The van der Waals surface area contributed by atoms with Crippen LogP contribution in [0.2, 0.25) is 0 Å². The van der Waals surface area contributed by atoms with Crippen molar-refractivity contribution in [3.05, 3.63) is 86.9 Å². The summed E-state index contributed by atoms with van der Waals surface area (Å²) in [6.45, 7) is 7.83. The Kier molecular flexibility index (Phi) is 5.49. The third-order valence-corrected chi connectivity index (χ3v) is 6.14. The lowest BCUT2D eigenvalue weighted by atomic mass is 9.99. The molecule has 0 aliphatic carbocycles. The van der Waals surface area contributed by atoms with E-state index in [-0.39, 0.29) is 5.91 Å². The first-order chi connectivity index (χ1) is 14.0. The number of imidazole rings is 1. The van der Waals surface area contributed by atoms with Gasteiger partial charge in [-0.15, -0.1) is 11.3 Å². The zero-order valence-corrected chi connectivity index (χ0v) is 17.8. The van der Waals surface area contributed by atoms with E-state index in [9.17, 15) is 4.79 Å². The Morgan fingerprint density at radius 2 is 1.83 bits per heavy atom. The highest BCUT2D eigenvalue weighted by Gasteiger charge is 2.14. The van der Waals surface area contributed by atoms with Crippen LogP contribution in [-0.4, -0.2) is 22.0 Å². The smallest absolute Gasteiger partial charge is 0.261 e. The van der Waals surface area contributed by atoms with E-state index < -0.39 is 0 Å². The molecule has 1 amide bonds. The summed E-state index contributed by atoms with van der Waals surface area (Å²) in [5.41, 5.74) is 7.36. The number of fused-ring (bicyclic) bond motifs is 1. The molecule has 0 bridgehead atoms. The first-order valence-electron chi connectivity index (χ1n) is 9.85. The molecule has 148 valence electrons. The van der Waals surface area contributed by atoms with Crippen LogP contribution in [0.4, 0.5) is 0 Å². The van der Waals surface area contributed by atoms with Crippen LogP contribution in [0.5, 0.6) is 0 Å². The number of thiophene rings is 1. The fourth-order valence-corrected chi connectivity index (χ4v) is 4.53. The minimum atomic E-state index is -0.0205. The number of carbonyl (C=O) groups is 1. The average molecular weight is 404 g/mol. The summed E-state index contributed by atoms with van der Waals surface area (Å²) in [7, 11) is 0. The predicted octanol–water partition coefficient (Wildman–Crippen LogP) is 5.04. The maximum absolute atomic E-state index is 12.2. The molecule has 2 aromatic heterocycles. The van der Waals surface area contributed by atoms with Gasteiger partial charge in [-0.25, -0.2) is 4.98 Å². The summed E-state index contributed by atoms with van der Waals surface area (Å²) in [6, 6.07) is 16.5. The number of aromatic nitrogens is 2. The van der Waals surface area contributed by atoms with Crippen LogP contribution in [0.3, 0.4) is 0 Å². The molecule has 2 aromatic carbocycles. The molecular weight excluding hydrogens is 378 g/mol. The van der Waals surface area contributed by atoms with E-state index in [0.717, 1.165) is 28.3 Å². The Balaban J connectivity index is 1.60. The SMILES string of the molecule is Cc1cc(C)c(Cn2c(CCNC(=O)c3cccs3)nc3ccccc32)c(C)c1. The molecule has 0 aliphatic heterocycles. The lowest BCUT2D eigenvalue weighted by Crippen LogP contribution is -2.25. The molecule has 5 heteroatoms. The molecule has 29 heavy (non-hydrogen) atoms. The second-order valence-electron chi connectivity index (χ2n) is 7.46. The molecule has 0 radical (unpaired) electrons. The molecule has 4 aromatic rings. The number of rotatable bonds is 6. The van der Waals surface area contributed by atoms with E-state index in [4.69, 9.17) is 4.98 Å². The Morgan fingerprint density at radius 3 is 2.55 bits per heavy atom. The Morgan fingerprint density at radius 1 is 1.07 bits per heavy atom. The number of para-hydroxylation sites is 2. The number of aryl methyl sites for hydroxylation is 3. The van der Waals surface area contributed by atoms with Crippen LogP contribution < -0.4 is 5.32 Å². The summed E-state index contributed by atoms with van der Waals surface area (Å²) >= 11 is 1.46. The fourth-order valence-electron chi connectivity index (χ4n) is 3.89. The summed E-state index contributed by atoms with van der Waals surface area (Å²) in [6.07, 6.45) is 0.690. The standard InChI is InChI=1S/C24H25N3OS/c1-16-13-17(2)19(18(3)14-16)15-27-21-8-5-4-7-20(21)26-23(27)10-11-25-24(28)22-9-6-12-29-22/h4-9,12-14H,10-11,15H2,1-3H3,(H,25,28). The number of hydrogen-bond acceptors (Lipinski definition) is 3. The number of carbonyl (C=O) groups excluding carboxylic acids is 1. The third-order valence-electron chi connectivity index (χ3n) is 5.27. The highest BCUT2D eigenvalue weighted by molar-refractivity contribution is 7.12. The molecule has 0 unspecified atom stereocenters. The van der Waals surface area contributed by atoms with Gasteiger partial charge in [-0.1, -0.05) is 35.9 Å². The molecule has 0 fully saturated rings. The van der Waals surface area contributed by atoms with E-state index in [2.05, 4.69) is 61.0 Å². The molecule has 1 N–H and O–H groups in total. The van der Waals surface area contributed by atoms with Gasteiger partial charge in [0, 0.05) is 19.5 Å². The predicted molar refractivity (Wildman–Crippen MR) is 120 cm³/mol. The molecule has 0 atom stereocenters. The van der Waals surface area contributed by atoms with Gasteiger partial charge in [-0.2, -0.15) is 0 Å². The van der Waals surface area contributed by atoms with Gasteiger partial charge in [-0.05, 0) is 61.0 Å². The van der Waals surface area contributed by atoms with Crippen LogP contribution in [0.1, 0.15) is 37.7 Å². The van der Waals surface area contributed by atoms with Gasteiger partial charge >= 0.3 is 0 Å². The van der Waals surface area contributed by atoms with Crippen molar-refractivity contribution >= 4 is 28.3 Å². The molecule has 0 saturated carbocycles. The van der Waals surface area contributed by atoms with E-state index in [1.165, 1.54) is 33.6 Å². The number of nitrogens with one attached hydrogen (secondary N) is 1. The van der Waals surface area contributed by atoms with Crippen molar-refractivity contribution in [1.29, 1.82) is 0 Å². The Bertz CT molecular complexity index is 1140. The largest absolute Gasteiger partial charge is 0.351 e.